The summed E-state index contributed by atoms with van der Waals surface area (Å²) in [5.74, 6) is 0. The summed E-state index contributed by atoms with van der Waals surface area (Å²) >= 11 is 1.76. The Bertz CT molecular complexity index is 728. The van der Waals surface area contributed by atoms with Crippen LogP contribution in [0.15, 0.2) is 36.5 Å². The van der Waals surface area contributed by atoms with Gasteiger partial charge in [0.05, 0.1) is 16.2 Å². The van der Waals surface area contributed by atoms with Gasteiger partial charge in [0.2, 0.25) is 0 Å². The van der Waals surface area contributed by atoms with E-state index in [0.29, 0.717) is 0 Å². The number of aryl methyl sites for hydroxylation is 2. The number of fused-ring (bicyclic) bond motifs is 1. The zero-order chi connectivity index (χ0) is 13.9. The molecule has 0 saturated heterocycles. The Morgan fingerprint density at radius 3 is 2.75 bits per heavy atom. The van der Waals surface area contributed by atoms with E-state index in [1.54, 1.807) is 11.3 Å². The molecule has 3 aromatic rings. The van der Waals surface area contributed by atoms with Gasteiger partial charge in [-0.25, -0.2) is 4.98 Å². The molecule has 0 aliphatic heterocycles. The van der Waals surface area contributed by atoms with Gasteiger partial charge in [0, 0.05) is 29.5 Å². The molecule has 0 fully saturated rings. The summed E-state index contributed by atoms with van der Waals surface area (Å²) in [7, 11) is 0. The molecule has 102 valence electrons. The number of hydrogen-bond acceptors (Lipinski definition) is 4. The molecule has 0 aliphatic carbocycles. The van der Waals surface area contributed by atoms with Crippen LogP contribution in [-0.2, 0) is 13.1 Å². The largest absolute Gasteiger partial charge is 0.308 e. The first-order valence-electron chi connectivity index (χ1n) is 6.70. The van der Waals surface area contributed by atoms with Crippen molar-refractivity contribution in [1.29, 1.82) is 0 Å². The van der Waals surface area contributed by atoms with Crippen LogP contribution in [0.4, 0.5) is 0 Å². The zero-order valence-corrected chi connectivity index (χ0v) is 12.5. The molecule has 0 saturated carbocycles. The summed E-state index contributed by atoms with van der Waals surface area (Å²) in [4.78, 5) is 10.2. The Hall–Kier alpha value is -1.78. The van der Waals surface area contributed by atoms with E-state index >= 15 is 0 Å². The molecule has 1 N–H and O–H groups in total. The molecule has 4 heteroatoms. The van der Waals surface area contributed by atoms with E-state index in [4.69, 9.17) is 0 Å². The minimum atomic E-state index is 0.824. The normalized spacial score (nSPS) is 11.1. The molecule has 0 radical (unpaired) electrons. The van der Waals surface area contributed by atoms with Gasteiger partial charge in [-0.2, -0.15) is 0 Å². The average molecular weight is 283 g/mol. The molecule has 2 heterocycles. The van der Waals surface area contributed by atoms with Crippen molar-refractivity contribution in [2.45, 2.75) is 26.9 Å². The van der Waals surface area contributed by atoms with E-state index in [9.17, 15) is 0 Å². The quantitative estimate of drug-likeness (QED) is 0.795. The van der Waals surface area contributed by atoms with Crippen molar-refractivity contribution in [3.05, 3.63) is 57.7 Å². The minimum absolute atomic E-state index is 0.824. The van der Waals surface area contributed by atoms with Crippen molar-refractivity contribution >= 4 is 22.2 Å². The summed E-state index contributed by atoms with van der Waals surface area (Å²) in [6.45, 7) is 5.81. The minimum Gasteiger partial charge on any atom is -0.308 e. The Morgan fingerprint density at radius 1 is 1.10 bits per heavy atom. The predicted molar refractivity (Wildman–Crippen MR) is 83.9 cm³/mol. The molecule has 0 unspecified atom stereocenters. The van der Waals surface area contributed by atoms with Crippen molar-refractivity contribution in [1.82, 2.24) is 15.3 Å². The maximum absolute atomic E-state index is 4.48. The van der Waals surface area contributed by atoms with Crippen LogP contribution < -0.4 is 5.32 Å². The molecule has 20 heavy (non-hydrogen) atoms. The van der Waals surface area contributed by atoms with Crippen molar-refractivity contribution < 1.29 is 0 Å². The van der Waals surface area contributed by atoms with Crippen molar-refractivity contribution in [2.24, 2.45) is 0 Å². The van der Waals surface area contributed by atoms with Crippen molar-refractivity contribution in [2.75, 3.05) is 0 Å². The van der Waals surface area contributed by atoms with Gasteiger partial charge in [-0.1, -0.05) is 24.3 Å². The van der Waals surface area contributed by atoms with Crippen molar-refractivity contribution in [3.8, 4) is 0 Å². The van der Waals surface area contributed by atoms with Gasteiger partial charge in [0.1, 0.15) is 0 Å². The number of hydrogen-bond donors (Lipinski definition) is 1. The van der Waals surface area contributed by atoms with Gasteiger partial charge < -0.3 is 5.32 Å². The van der Waals surface area contributed by atoms with E-state index < -0.39 is 0 Å². The lowest BCUT2D eigenvalue weighted by molar-refractivity contribution is 0.699. The maximum Gasteiger partial charge on any atom is 0.0900 e. The van der Waals surface area contributed by atoms with E-state index in [2.05, 4.69) is 53.4 Å². The van der Waals surface area contributed by atoms with E-state index in [1.807, 2.05) is 12.3 Å². The Kier molecular flexibility index (Phi) is 3.76. The molecule has 2 aromatic heterocycles. The standard InChI is InChI=1S/C16H17N3S/c1-11-15(20-12(2)19-11)10-17-9-14-6-3-5-13-7-4-8-18-16(13)14/h3-8,17H,9-10H2,1-2H3. The summed E-state index contributed by atoms with van der Waals surface area (Å²) < 4.78 is 0. The van der Waals surface area contributed by atoms with Crippen LogP contribution in [0.3, 0.4) is 0 Å². The van der Waals surface area contributed by atoms with Crippen molar-refractivity contribution in [3.63, 3.8) is 0 Å². The fourth-order valence-electron chi connectivity index (χ4n) is 2.36. The zero-order valence-electron chi connectivity index (χ0n) is 11.7. The van der Waals surface area contributed by atoms with E-state index in [-0.39, 0.29) is 0 Å². The number of nitrogens with one attached hydrogen (secondary N) is 1. The average Bonchev–Trinajstić information content (AvgIpc) is 2.77. The molecule has 0 bridgehead atoms. The highest BCUT2D eigenvalue weighted by Crippen LogP contribution is 2.18. The highest BCUT2D eigenvalue weighted by Gasteiger charge is 2.05. The fourth-order valence-corrected chi connectivity index (χ4v) is 3.26. The second kappa shape index (κ2) is 5.69. The number of rotatable bonds is 4. The second-order valence-electron chi connectivity index (χ2n) is 4.84. The van der Waals surface area contributed by atoms with Gasteiger partial charge in [0.25, 0.3) is 0 Å². The first kappa shape index (κ1) is 13.2. The lowest BCUT2D eigenvalue weighted by Crippen LogP contribution is -2.13. The highest BCUT2D eigenvalue weighted by molar-refractivity contribution is 7.11. The van der Waals surface area contributed by atoms with Crippen LogP contribution in [-0.4, -0.2) is 9.97 Å². The fraction of sp³-hybridized carbons (Fsp3) is 0.250. The second-order valence-corrected chi connectivity index (χ2v) is 6.13. The van der Waals surface area contributed by atoms with Gasteiger partial charge in [-0.3, -0.25) is 4.98 Å². The number of thiazole rings is 1. The first-order chi connectivity index (χ1) is 9.74. The summed E-state index contributed by atoms with van der Waals surface area (Å²) in [6.07, 6.45) is 1.85. The van der Waals surface area contributed by atoms with E-state index in [0.717, 1.165) is 29.3 Å². The maximum atomic E-state index is 4.48. The molecule has 3 nitrogen and oxygen atoms in total. The molecule has 1 aromatic carbocycles. The lowest BCUT2D eigenvalue weighted by atomic mass is 10.1. The number of benzene rings is 1. The van der Waals surface area contributed by atoms with Gasteiger partial charge >= 0.3 is 0 Å². The Labute approximate surface area is 122 Å². The van der Waals surface area contributed by atoms with Gasteiger partial charge in [-0.15, -0.1) is 11.3 Å². The summed E-state index contributed by atoms with van der Waals surface area (Å²) in [6, 6.07) is 10.4. The Morgan fingerprint density at radius 2 is 1.95 bits per heavy atom. The van der Waals surface area contributed by atoms with Crippen LogP contribution in [0.25, 0.3) is 10.9 Å². The summed E-state index contributed by atoms with van der Waals surface area (Å²) in [5, 5.41) is 5.82. The van der Waals surface area contributed by atoms with Crippen LogP contribution in [0.1, 0.15) is 21.1 Å². The molecule has 0 aliphatic rings. The third kappa shape index (κ3) is 2.71. The highest BCUT2D eigenvalue weighted by atomic mass is 32.1. The monoisotopic (exact) mass is 283 g/mol. The number of nitrogens with zero attached hydrogens (tertiary/aromatic N) is 2. The predicted octanol–water partition coefficient (Wildman–Crippen LogP) is 3.60. The third-order valence-corrected chi connectivity index (χ3v) is 4.39. The third-order valence-electron chi connectivity index (χ3n) is 3.32. The number of para-hydroxylation sites is 1. The van der Waals surface area contributed by atoms with E-state index in [1.165, 1.54) is 15.8 Å². The molecule has 0 amide bonds. The molecular formula is C16H17N3S. The smallest absolute Gasteiger partial charge is 0.0900 e. The van der Waals surface area contributed by atoms with Crippen LogP contribution >= 0.6 is 11.3 Å². The van der Waals surface area contributed by atoms with Gasteiger partial charge in [0.15, 0.2) is 0 Å². The number of aromatic nitrogens is 2. The van der Waals surface area contributed by atoms with Gasteiger partial charge in [-0.05, 0) is 25.5 Å². The van der Waals surface area contributed by atoms with Crippen LogP contribution in [0.5, 0.6) is 0 Å². The molecule has 0 spiro atoms. The molecule has 0 atom stereocenters. The SMILES string of the molecule is Cc1nc(C)c(CNCc2cccc3cccnc23)s1. The summed E-state index contributed by atoms with van der Waals surface area (Å²) in [5.41, 5.74) is 3.46. The number of pyridine rings is 1. The molecule has 3 rings (SSSR count). The van der Waals surface area contributed by atoms with Crippen LogP contribution in [0.2, 0.25) is 0 Å². The topological polar surface area (TPSA) is 37.8 Å². The lowest BCUT2D eigenvalue weighted by Gasteiger charge is -2.07. The Balaban J connectivity index is 1.73. The first-order valence-corrected chi connectivity index (χ1v) is 7.52. The molecular weight excluding hydrogens is 266 g/mol. The van der Waals surface area contributed by atoms with Crippen LogP contribution in [0, 0.1) is 13.8 Å².